The average molecular weight is 641 g/mol. The monoisotopic (exact) mass is 638 g/mol. The molecule has 0 fully saturated rings. The quantitative estimate of drug-likeness (QED) is 0.135. The van der Waals surface area contributed by atoms with Gasteiger partial charge in [-0.15, -0.1) is 45.8 Å². The second-order valence-corrected chi connectivity index (χ2v) is 18.9. The van der Waals surface area contributed by atoms with E-state index in [2.05, 4.69) is 143 Å². The standard InChI is InChI=1S/C19H22.C13H9.C5H3.2ClH.Zr/c1-18(2,16-11-7-5-8-12-16)15-19(3,4)17-13-9-6-10-14-17;1-3-7-12-10(5-1)9-11-6-2-4-8-13(11)12;1-2-4-5-3-1;;;/h5-14H,1-4H3;1-9H;1-3H;2*1H;/q;2*-1;;;+2/p-2. The zero-order valence-electron chi connectivity index (χ0n) is 23.5. The van der Waals surface area contributed by atoms with Crippen molar-refractivity contribution in [1.29, 1.82) is 0 Å². The minimum Gasteiger partial charge on any atom is -0.126 e. The summed E-state index contributed by atoms with van der Waals surface area (Å²) < 4.78 is 1.31. The molecule has 6 rings (SSSR count). The molecule has 3 heteroatoms. The number of benzene rings is 4. The molecule has 0 saturated carbocycles. The molecule has 0 radical (unpaired) electrons. The fraction of sp³-hybridized carbons (Fsp3) is 0.162. The molecule has 1 aliphatic carbocycles. The number of hydrogen-bond donors (Lipinski definition) is 0. The maximum absolute atomic E-state index is 6.64. The van der Waals surface area contributed by atoms with Gasteiger partial charge in [0.1, 0.15) is 0 Å². The molecule has 1 aliphatic rings. The van der Waals surface area contributed by atoms with Crippen LogP contribution in [0.2, 0.25) is 0 Å². The van der Waals surface area contributed by atoms with Crippen LogP contribution in [0.5, 0.6) is 0 Å². The topological polar surface area (TPSA) is 0 Å². The molecule has 0 aliphatic heterocycles. The van der Waals surface area contributed by atoms with Gasteiger partial charge in [-0.05, 0) is 0 Å². The number of fused-ring (bicyclic) bond motifs is 3. The molecular weight excluding hydrogens is 607 g/mol. The van der Waals surface area contributed by atoms with Crippen LogP contribution in [0.25, 0.3) is 21.5 Å². The summed E-state index contributed by atoms with van der Waals surface area (Å²) in [6.07, 6.45) is 8.26. The van der Waals surface area contributed by atoms with Crippen molar-refractivity contribution in [3.63, 3.8) is 0 Å². The largest absolute Gasteiger partial charge is 0.126 e. The third kappa shape index (κ3) is 7.15. The van der Waals surface area contributed by atoms with E-state index in [1.165, 1.54) is 35.9 Å². The molecule has 0 bridgehead atoms. The van der Waals surface area contributed by atoms with E-state index in [4.69, 9.17) is 17.0 Å². The second kappa shape index (κ2) is 13.8. The molecule has 0 nitrogen and oxygen atoms in total. The Kier molecular flexibility index (Phi) is 10.5. The fourth-order valence-electron chi connectivity index (χ4n) is 5.40. The molecule has 0 unspecified atom stereocenters. The van der Waals surface area contributed by atoms with Crippen molar-refractivity contribution in [2.24, 2.45) is 0 Å². The summed E-state index contributed by atoms with van der Waals surface area (Å²) in [7, 11) is 13.3. The summed E-state index contributed by atoms with van der Waals surface area (Å²) in [5, 5.41) is 5.39. The van der Waals surface area contributed by atoms with E-state index in [0.29, 0.717) is 0 Å². The Morgan fingerprint density at radius 1 is 0.650 bits per heavy atom. The van der Waals surface area contributed by atoms with E-state index in [-0.39, 0.29) is 10.8 Å². The Morgan fingerprint density at radius 3 is 1.43 bits per heavy atom. The second-order valence-electron chi connectivity index (χ2n) is 10.8. The third-order valence-corrected chi connectivity index (χ3v) is 13.6. The van der Waals surface area contributed by atoms with Crippen molar-refractivity contribution in [1.82, 2.24) is 0 Å². The summed E-state index contributed by atoms with van der Waals surface area (Å²) in [6.45, 7) is 8.97. The summed E-state index contributed by atoms with van der Waals surface area (Å²) in [5.41, 5.74) is 5.00. The van der Waals surface area contributed by atoms with E-state index in [0.717, 1.165) is 0 Å². The van der Waals surface area contributed by atoms with Gasteiger partial charge in [0.25, 0.3) is 0 Å². The van der Waals surface area contributed by atoms with Crippen molar-refractivity contribution < 1.29 is 18.9 Å². The van der Waals surface area contributed by atoms with Gasteiger partial charge in [-0.25, -0.2) is 6.08 Å². The Hall–Kier alpha value is -2.66. The maximum atomic E-state index is 6.64. The molecule has 0 saturated heterocycles. The number of allylic oxidation sites excluding steroid dienone is 3. The minimum atomic E-state index is -2.63. The first-order valence-corrected chi connectivity index (χ1v) is 21.0. The molecular formula is C37H34Cl2Zr-2. The van der Waals surface area contributed by atoms with Gasteiger partial charge in [0.05, 0.1) is 0 Å². The Morgan fingerprint density at radius 2 is 1.07 bits per heavy atom. The molecule has 40 heavy (non-hydrogen) atoms. The first-order chi connectivity index (χ1) is 19.2. The predicted molar refractivity (Wildman–Crippen MR) is 173 cm³/mol. The molecule has 5 aromatic rings. The van der Waals surface area contributed by atoms with E-state index >= 15 is 0 Å². The van der Waals surface area contributed by atoms with Gasteiger partial charge in [0.2, 0.25) is 0 Å². The van der Waals surface area contributed by atoms with Crippen LogP contribution in [0, 0.1) is 6.08 Å². The molecule has 0 atom stereocenters. The molecule has 0 heterocycles. The predicted octanol–water partition coefficient (Wildman–Crippen LogP) is 10.8. The third-order valence-electron chi connectivity index (χ3n) is 7.40. The van der Waals surface area contributed by atoms with Gasteiger partial charge in [-0.3, -0.25) is 5.73 Å². The van der Waals surface area contributed by atoms with Gasteiger partial charge in [-0.2, -0.15) is 12.2 Å². The van der Waals surface area contributed by atoms with Crippen LogP contribution in [0.3, 0.4) is 0 Å². The average Bonchev–Trinajstić information content (AvgIpc) is 3.66. The summed E-state index contributed by atoms with van der Waals surface area (Å²) in [5.74, 6) is 0. The van der Waals surface area contributed by atoms with Crippen LogP contribution < -0.4 is 0 Å². The van der Waals surface area contributed by atoms with Crippen LogP contribution in [0.15, 0.2) is 139 Å². The van der Waals surface area contributed by atoms with E-state index in [1.54, 1.807) is 0 Å². The Labute approximate surface area is 253 Å². The van der Waals surface area contributed by atoms with E-state index in [9.17, 15) is 0 Å². The zero-order chi connectivity index (χ0) is 28.6. The normalized spacial score (nSPS) is 12.1. The molecule has 0 aromatic heterocycles. The van der Waals surface area contributed by atoms with E-state index < -0.39 is 18.9 Å². The summed E-state index contributed by atoms with van der Waals surface area (Å²) in [4.78, 5) is 0. The van der Waals surface area contributed by atoms with Crippen LogP contribution in [-0.4, -0.2) is 3.21 Å². The van der Waals surface area contributed by atoms with Gasteiger partial charge in [0, 0.05) is 0 Å². The molecule has 0 N–H and O–H groups in total. The van der Waals surface area contributed by atoms with Gasteiger partial charge in [-0.1, -0.05) is 36.4 Å². The van der Waals surface area contributed by atoms with Crippen molar-refractivity contribution in [3.8, 4) is 0 Å². The smallest absolute Gasteiger partial charge is 0.0771 e. The molecule has 0 amide bonds. The summed E-state index contributed by atoms with van der Waals surface area (Å²) in [6, 6.07) is 40.3. The van der Waals surface area contributed by atoms with Crippen LogP contribution >= 0.6 is 17.0 Å². The Balaban J connectivity index is 0.000000170. The van der Waals surface area contributed by atoms with Crippen LogP contribution in [0.1, 0.15) is 38.8 Å². The van der Waals surface area contributed by atoms with Crippen molar-refractivity contribution in [3.05, 3.63) is 156 Å². The van der Waals surface area contributed by atoms with Crippen molar-refractivity contribution in [2.75, 3.05) is 0 Å². The number of halogens is 2. The molecule has 5 aromatic carbocycles. The maximum Gasteiger partial charge on any atom is -0.0771 e. The van der Waals surface area contributed by atoms with Crippen LogP contribution in [0.4, 0.5) is 0 Å². The zero-order valence-corrected chi connectivity index (χ0v) is 27.4. The Bertz CT molecular complexity index is 1560. The van der Waals surface area contributed by atoms with Gasteiger partial charge < -0.3 is 0 Å². The minimum absolute atomic E-state index is 0.140. The van der Waals surface area contributed by atoms with Gasteiger partial charge >= 0.3 is 149 Å². The molecule has 202 valence electrons. The van der Waals surface area contributed by atoms with Crippen molar-refractivity contribution >= 4 is 41.8 Å². The first kappa shape index (κ1) is 30.3. The van der Waals surface area contributed by atoms with Crippen LogP contribution in [-0.2, 0) is 29.7 Å². The van der Waals surface area contributed by atoms with Gasteiger partial charge in [0.15, 0.2) is 0 Å². The molecule has 0 spiro atoms. The number of hydrogen-bond acceptors (Lipinski definition) is 0. The number of rotatable bonds is 4. The van der Waals surface area contributed by atoms with E-state index in [1.807, 2.05) is 30.4 Å². The first-order valence-electron chi connectivity index (χ1n) is 13.4. The SMILES string of the molecule is C1=[C-]C=CC=1.CC(C)([C](=[Zr]([Cl])[Cl])C(C)(C)c1ccccc1)c1ccccc1.c1ccc2c(c1)[cH-]c1ccccc12. The summed E-state index contributed by atoms with van der Waals surface area (Å²) >= 11 is -2.63. The fourth-order valence-corrected chi connectivity index (χ4v) is 14.0. The van der Waals surface area contributed by atoms with Crippen molar-refractivity contribution in [2.45, 2.75) is 38.5 Å².